The number of aliphatic carboxylic acids is 1. The fourth-order valence-corrected chi connectivity index (χ4v) is 1.25. The van der Waals surface area contributed by atoms with Crippen LogP contribution in [0.2, 0.25) is 0 Å². The minimum Gasteiger partial charge on any atom is -0.479 e. The van der Waals surface area contributed by atoms with Crippen LogP contribution in [0.3, 0.4) is 0 Å². The second-order valence-corrected chi connectivity index (χ2v) is 3.14. The van der Waals surface area contributed by atoms with Gasteiger partial charge in [0, 0.05) is 5.56 Å². The van der Waals surface area contributed by atoms with Crippen molar-refractivity contribution >= 4 is 5.97 Å². The van der Waals surface area contributed by atoms with E-state index in [1.807, 2.05) is 6.07 Å². The van der Waals surface area contributed by atoms with Gasteiger partial charge in [-0.25, -0.2) is 14.2 Å². The summed E-state index contributed by atoms with van der Waals surface area (Å²) in [5.74, 6) is -2.05. The number of hydrogen-bond donors (Lipinski definition) is 1. The third kappa shape index (κ3) is 1.93. The van der Waals surface area contributed by atoms with E-state index in [0.29, 0.717) is 5.69 Å². The van der Waals surface area contributed by atoms with Gasteiger partial charge in [0.15, 0.2) is 0 Å². The molecular formula is C11H8FNO3. The summed E-state index contributed by atoms with van der Waals surface area (Å²) in [7, 11) is 0. The van der Waals surface area contributed by atoms with Crippen molar-refractivity contribution in [1.82, 2.24) is 4.98 Å². The summed E-state index contributed by atoms with van der Waals surface area (Å²) in [6.45, 7) is 0. The van der Waals surface area contributed by atoms with Gasteiger partial charge in [-0.1, -0.05) is 30.3 Å². The molecule has 0 radical (unpaired) electrons. The molecule has 0 aliphatic rings. The first-order chi connectivity index (χ1) is 7.68. The van der Waals surface area contributed by atoms with Crippen LogP contribution < -0.4 is 0 Å². The van der Waals surface area contributed by atoms with Crippen molar-refractivity contribution < 1.29 is 18.7 Å². The summed E-state index contributed by atoms with van der Waals surface area (Å²) in [6, 6.07) is 8.98. The zero-order chi connectivity index (χ0) is 11.5. The first-order valence-electron chi connectivity index (χ1n) is 4.56. The second kappa shape index (κ2) is 4.14. The van der Waals surface area contributed by atoms with Crippen LogP contribution in [-0.4, -0.2) is 16.1 Å². The lowest BCUT2D eigenvalue weighted by molar-refractivity contribution is -0.143. The Labute approximate surface area is 90.4 Å². The smallest absolute Gasteiger partial charge is 0.348 e. The van der Waals surface area contributed by atoms with Crippen LogP contribution in [0.4, 0.5) is 4.39 Å². The average Bonchev–Trinajstić information content (AvgIpc) is 2.78. The Kier molecular flexibility index (Phi) is 2.68. The first kappa shape index (κ1) is 10.4. The van der Waals surface area contributed by atoms with Crippen molar-refractivity contribution in [2.24, 2.45) is 0 Å². The van der Waals surface area contributed by atoms with Gasteiger partial charge in [-0.2, -0.15) is 0 Å². The molecule has 1 heterocycles. The molecule has 1 aromatic carbocycles. The SMILES string of the molecule is O=C(O)C(F)c1nc(-c2ccccc2)co1. The first-order valence-corrected chi connectivity index (χ1v) is 4.56. The largest absolute Gasteiger partial charge is 0.479 e. The molecule has 0 amide bonds. The average molecular weight is 221 g/mol. The van der Waals surface area contributed by atoms with Crippen LogP contribution >= 0.6 is 0 Å². The molecule has 82 valence electrons. The van der Waals surface area contributed by atoms with Gasteiger partial charge >= 0.3 is 5.97 Å². The molecule has 1 atom stereocenters. The quantitative estimate of drug-likeness (QED) is 0.864. The predicted octanol–water partition coefficient (Wildman–Crippen LogP) is 2.44. The van der Waals surface area contributed by atoms with Crippen molar-refractivity contribution in [2.45, 2.75) is 6.17 Å². The topological polar surface area (TPSA) is 63.3 Å². The third-order valence-corrected chi connectivity index (χ3v) is 2.03. The lowest BCUT2D eigenvalue weighted by Gasteiger charge is -1.95. The molecule has 0 fully saturated rings. The molecule has 2 aromatic rings. The van der Waals surface area contributed by atoms with Crippen molar-refractivity contribution in [2.75, 3.05) is 0 Å². The van der Waals surface area contributed by atoms with E-state index < -0.39 is 18.0 Å². The van der Waals surface area contributed by atoms with E-state index >= 15 is 0 Å². The molecule has 0 bridgehead atoms. The standard InChI is InChI=1S/C11H8FNO3/c12-9(11(14)15)10-13-8(6-16-10)7-4-2-1-3-5-7/h1-6,9H,(H,14,15). The van der Waals surface area contributed by atoms with Crippen molar-refractivity contribution in [1.29, 1.82) is 0 Å². The number of nitrogens with zero attached hydrogens (tertiary/aromatic N) is 1. The number of alkyl halides is 1. The zero-order valence-electron chi connectivity index (χ0n) is 8.13. The number of rotatable bonds is 3. The van der Waals surface area contributed by atoms with Crippen molar-refractivity contribution in [3.8, 4) is 11.3 Å². The van der Waals surface area contributed by atoms with Gasteiger partial charge in [0.05, 0.1) is 0 Å². The monoisotopic (exact) mass is 221 g/mol. The molecule has 0 aliphatic carbocycles. The molecule has 0 aliphatic heterocycles. The number of benzene rings is 1. The van der Waals surface area contributed by atoms with Gasteiger partial charge in [0.1, 0.15) is 12.0 Å². The van der Waals surface area contributed by atoms with Gasteiger partial charge in [-0.3, -0.25) is 0 Å². The summed E-state index contributed by atoms with van der Waals surface area (Å²) >= 11 is 0. The van der Waals surface area contributed by atoms with Crippen LogP contribution in [0.5, 0.6) is 0 Å². The zero-order valence-corrected chi connectivity index (χ0v) is 8.13. The highest BCUT2D eigenvalue weighted by atomic mass is 19.1. The van der Waals surface area contributed by atoms with E-state index in [1.165, 1.54) is 6.26 Å². The number of carboxylic acid groups (broad SMARTS) is 1. The van der Waals surface area contributed by atoms with Gasteiger partial charge < -0.3 is 9.52 Å². The number of carboxylic acids is 1. The highest BCUT2D eigenvalue weighted by Crippen LogP contribution is 2.22. The minimum absolute atomic E-state index is 0.416. The van der Waals surface area contributed by atoms with Crippen LogP contribution in [0.1, 0.15) is 12.1 Å². The molecule has 4 nitrogen and oxygen atoms in total. The van der Waals surface area contributed by atoms with E-state index in [4.69, 9.17) is 9.52 Å². The van der Waals surface area contributed by atoms with Gasteiger partial charge in [0.25, 0.3) is 6.17 Å². The number of halogens is 1. The highest BCUT2D eigenvalue weighted by molar-refractivity contribution is 5.73. The van der Waals surface area contributed by atoms with E-state index in [9.17, 15) is 9.18 Å². The predicted molar refractivity (Wildman–Crippen MR) is 53.4 cm³/mol. The Bertz CT molecular complexity index is 495. The summed E-state index contributed by atoms with van der Waals surface area (Å²) < 4.78 is 17.8. The Hall–Kier alpha value is -2.17. The number of hydrogen-bond acceptors (Lipinski definition) is 3. The molecule has 2 rings (SSSR count). The lowest BCUT2D eigenvalue weighted by Crippen LogP contribution is -2.06. The number of oxazole rings is 1. The van der Waals surface area contributed by atoms with Gasteiger partial charge in [-0.05, 0) is 0 Å². The molecule has 1 aromatic heterocycles. The number of aromatic nitrogens is 1. The Morgan fingerprint density at radius 2 is 2.06 bits per heavy atom. The van der Waals surface area contributed by atoms with E-state index in [-0.39, 0.29) is 0 Å². The van der Waals surface area contributed by atoms with Crippen LogP contribution in [0.25, 0.3) is 11.3 Å². The van der Waals surface area contributed by atoms with Crippen LogP contribution in [0, 0.1) is 0 Å². The molecule has 0 spiro atoms. The van der Waals surface area contributed by atoms with Crippen molar-refractivity contribution in [3.05, 3.63) is 42.5 Å². The summed E-state index contributed by atoms with van der Waals surface area (Å²) in [5, 5.41) is 8.44. The highest BCUT2D eigenvalue weighted by Gasteiger charge is 2.24. The molecule has 16 heavy (non-hydrogen) atoms. The molecule has 0 saturated carbocycles. The maximum atomic E-state index is 13.0. The summed E-state index contributed by atoms with van der Waals surface area (Å²) in [4.78, 5) is 14.1. The minimum atomic E-state index is -2.22. The maximum Gasteiger partial charge on any atom is 0.348 e. The second-order valence-electron chi connectivity index (χ2n) is 3.14. The van der Waals surface area contributed by atoms with Crippen LogP contribution in [-0.2, 0) is 4.79 Å². The van der Waals surface area contributed by atoms with E-state index in [0.717, 1.165) is 5.56 Å². The molecule has 1 N–H and O–H groups in total. The summed E-state index contributed by atoms with van der Waals surface area (Å²) in [6.07, 6.45) is -0.988. The van der Waals surface area contributed by atoms with Gasteiger partial charge in [0.2, 0.25) is 5.89 Å². The number of carbonyl (C=O) groups is 1. The Balaban J connectivity index is 2.30. The maximum absolute atomic E-state index is 13.0. The third-order valence-electron chi connectivity index (χ3n) is 2.03. The summed E-state index contributed by atoms with van der Waals surface area (Å²) in [5.41, 5.74) is 1.16. The van der Waals surface area contributed by atoms with E-state index in [2.05, 4.69) is 4.98 Å². The Morgan fingerprint density at radius 3 is 2.69 bits per heavy atom. The van der Waals surface area contributed by atoms with Gasteiger partial charge in [-0.15, -0.1) is 0 Å². The fourth-order valence-electron chi connectivity index (χ4n) is 1.25. The Morgan fingerprint density at radius 1 is 1.38 bits per heavy atom. The molecule has 5 heteroatoms. The normalized spacial score (nSPS) is 12.3. The fraction of sp³-hybridized carbons (Fsp3) is 0.0909. The lowest BCUT2D eigenvalue weighted by atomic mass is 10.2. The molecular weight excluding hydrogens is 213 g/mol. The molecule has 1 unspecified atom stereocenters. The van der Waals surface area contributed by atoms with Crippen molar-refractivity contribution in [3.63, 3.8) is 0 Å². The van der Waals surface area contributed by atoms with E-state index in [1.54, 1.807) is 24.3 Å². The molecule has 0 saturated heterocycles. The van der Waals surface area contributed by atoms with Crippen LogP contribution in [0.15, 0.2) is 41.0 Å².